The number of amides is 2. The van der Waals surface area contributed by atoms with Crippen LogP contribution in [0.1, 0.15) is 25.3 Å². The molecule has 3 heterocycles. The number of halogens is 2. The number of likely N-dealkylation sites (tertiary alicyclic amines) is 1. The molecular weight excluding hydrogens is 540 g/mol. The molecule has 2 bridgehead atoms. The second kappa shape index (κ2) is 10.2. The summed E-state index contributed by atoms with van der Waals surface area (Å²) in [5.74, 6) is -2.84. The maximum Gasteiger partial charge on any atom is 0.312 e. The zero-order chi connectivity index (χ0) is 25.5. The Kier molecular flexibility index (Phi) is 7.62. The molecule has 0 aliphatic carbocycles. The topological polar surface area (TPSA) is 96.4 Å². The van der Waals surface area contributed by atoms with Gasteiger partial charge in [0.2, 0.25) is 5.91 Å². The van der Waals surface area contributed by atoms with Gasteiger partial charge < -0.3 is 24.4 Å². The van der Waals surface area contributed by atoms with Gasteiger partial charge >= 0.3 is 5.97 Å². The number of nitrogens with zero attached hydrogens (tertiary/aromatic N) is 2. The Morgan fingerprint density at radius 3 is 2.83 bits per heavy atom. The predicted molar refractivity (Wildman–Crippen MR) is 134 cm³/mol. The summed E-state index contributed by atoms with van der Waals surface area (Å²) in [4.78, 5) is 43.9. The van der Waals surface area contributed by atoms with E-state index in [9.17, 15) is 19.5 Å². The van der Waals surface area contributed by atoms with Gasteiger partial charge in [-0.1, -0.05) is 45.7 Å². The van der Waals surface area contributed by atoms with Gasteiger partial charge in [0.1, 0.15) is 11.6 Å². The normalized spacial score (nSPS) is 30.9. The van der Waals surface area contributed by atoms with E-state index >= 15 is 0 Å². The van der Waals surface area contributed by atoms with Crippen LogP contribution in [0.4, 0.5) is 5.69 Å². The Labute approximate surface area is 218 Å². The first-order valence-corrected chi connectivity index (χ1v) is 13.1. The van der Waals surface area contributed by atoms with Crippen molar-refractivity contribution < 1.29 is 29.0 Å². The quantitative estimate of drug-likeness (QED) is 0.279. The van der Waals surface area contributed by atoms with Gasteiger partial charge in [-0.05, 0) is 38.3 Å². The molecule has 3 saturated heterocycles. The van der Waals surface area contributed by atoms with E-state index in [1.165, 1.54) is 9.80 Å². The zero-order valence-corrected chi connectivity index (χ0v) is 22.1. The van der Waals surface area contributed by atoms with Crippen molar-refractivity contribution in [2.75, 3.05) is 31.2 Å². The number of rotatable bonds is 9. The van der Waals surface area contributed by atoms with Crippen LogP contribution in [0.5, 0.6) is 0 Å². The van der Waals surface area contributed by atoms with E-state index < -0.39 is 35.6 Å². The third-order valence-electron chi connectivity index (χ3n) is 7.18. The maximum absolute atomic E-state index is 14.3. The summed E-state index contributed by atoms with van der Waals surface area (Å²) in [5.41, 5.74) is 0.139. The monoisotopic (exact) mass is 568 g/mol. The first kappa shape index (κ1) is 26.1. The minimum absolute atomic E-state index is 0.145. The molecule has 1 spiro atoms. The van der Waals surface area contributed by atoms with Crippen molar-refractivity contribution in [2.24, 2.45) is 11.8 Å². The Bertz CT molecular complexity index is 1020. The van der Waals surface area contributed by atoms with E-state index in [1.54, 1.807) is 25.1 Å². The lowest BCUT2D eigenvalue weighted by atomic mass is 9.70. The van der Waals surface area contributed by atoms with Crippen LogP contribution in [0, 0.1) is 18.8 Å². The Balaban J connectivity index is 1.82. The molecule has 0 radical (unpaired) electrons. The smallest absolute Gasteiger partial charge is 0.312 e. The number of carbonyl (C=O) groups is 3. The Hall–Kier alpha value is -1.94. The van der Waals surface area contributed by atoms with Gasteiger partial charge in [-0.2, -0.15) is 0 Å². The molecular formula is C25H30BrClN2O6. The first-order valence-electron chi connectivity index (χ1n) is 11.8. The fraction of sp³-hybridized carbons (Fsp3) is 0.560. The standard InChI is InChI=1S/C25H30BrClN2O6/c1-4-10-28(19-14(3)8-6-9-16(19)27)23(32)21-25-13-15(26)20(35-25)17(24(33)34-5-2)18(25)22(31)29(21)11-7-12-30/h4,6,8-9,15,17-18,20-21,30H,1,5,7,10-13H2,2-3H3/t15?,17-,18-,20-,21?,25?/m0/s1. The van der Waals surface area contributed by atoms with E-state index in [0.717, 1.165) is 5.56 Å². The van der Waals surface area contributed by atoms with Crippen molar-refractivity contribution in [1.82, 2.24) is 4.90 Å². The number of hydrogen-bond donors (Lipinski definition) is 1. The van der Waals surface area contributed by atoms with E-state index in [0.29, 0.717) is 17.1 Å². The number of aryl methyl sites for hydroxylation is 1. The number of ether oxygens (including phenoxy) is 2. The molecule has 6 atom stereocenters. The summed E-state index contributed by atoms with van der Waals surface area (Å²) in [5, 5.41) is 9.89. The molecule has 1 aromatic rings. The molecule has 1 aromatic carbocycles. The van der Waals surface area contributed by atoms with Gasteiger partial charge in [-0.25, -0.2) is 0 Å². The molecule has 190 valence electrons. The molecule has 3 fully saturated rings. The molecule has 10 heteroatoms. The second-order valence-electron chi connectivity index (χ2n) is 9.17. The molecule has 8 nitrogen and oxygen atoms in total. The first-order chi connectivity index (χ1) is 16.7. The van der Waals surface area contributed by atoms with Crippen LogP contribution in [0.25, 0.3) is 0 Å². The number of alkyl halides is 1. The molecule has 0 aromatic heterocycles. The third kappa shape index (κ3) is 4.10. The van der Waals surface area contributed by atoms with E-state index in [-0.39, 0.29) is 49.4 Å². The average molecular weight is 570 g/mol. The van der Waals surface area contributed by atoms with Crippen molar-refractivity contribution in [1.29, 1.82) is 0 Å². The fourth-order valence-electron chi connectivity index (χ4n) is 5.93. The molecule has 1 N–H and O–H groups in total. The van der Waals surface area contributed by atoms with Gasteiger partial charge in [0, 0.05) is 24.5 Å². The summed E-state index contributed by atoms with van der Waals surface area (Å²) < 4.78 is 11.7. The fourth-order valence-corrected chi connectivity index (χ4v) is 7.20. The van der Waals surface area contributed by atoms with Gasteiger partial charge in [-0.15, -0.1) is 6.58 Å². The number of anilines is 1. The molecule has 3 aliphatic rings. The van der Waals surface area contributed by atoms with Gasteiger partial charge in [0.15, 0.2) is 0 Å². The highest BCUT2D eigenvalue weighted by Crippen LogP contribution is 2.60. The number of esters is 1. The van der Waals surface area contributed by atoms with Crippen LogP contribution >= 0.6 is 27.5 Å². The Morgan fingerprint density at radius 1 is 1.46 bits per heavy atom. The lowest BCUT2D eigenvalue weighted by molar-refractivity contribution is -0.154. The minimum Gasteiger partial charge on any atom is -0.466 e. The van der Waals surface area contributed by atoms with Crippen LogP contribution in [0.3, 0.4) is 0 Å². The van der Waals surface area contributed by atoms with Crippen molar-refractivity contribution in [3.63, 3.8) is 0 Å². The number of para-hydroxylation sites is 1. The lowest BCUT2D eigenvalue weighted by Crippen LogP contribution is -2.57. The van der Waals surface area contributed by atoms with Crippen molar-refractivity contribution in [3.8, 4) is 0 Å². The summed E-state index contributed by atoms with van der Waals surface area (Å²) in [6.45, 7) is 7.74. The summed E-state index contributed by atoms with van der Waals surface area (Å²) in [7, 11) is 0. The number of carbonyl (C=O) groups excluding carboxylic acids is 3. The van der Waals surface area contributed by atoms with E-state index in [1.807, 2.05) is 13.0 Å². The SMILES string of the molecule is C=CCN(C(=O)C1N(CCCO)C(=O)[C@@H]2[C@H](C(=O)OCC)[C@H]3OC12CC3Br)c1c(C)cccc1Cl. The number of aliphatic hydroxyl groups is 1. The third-order valence-corrected chi connectivity index (χ3v) is 8.32. The minimum atomic E-state index is -1.20. The van der Waals surface area contributed by atoms with Crippen LogP contribution < -0.4 is 4.90 Å². The van der Waals surface area contributed by atoms with E-state index in [4.69, 9.17) is 21.1 Å². The lowest BCUT2D eigenvalue weighted by Gasteiger charge is -2.37. The molecule has 4 rings (SSSR count). The molecule has 35 heavy (non-hydrogen) atoms. The highest BCUT2D eigenvalue weighted by Gasteiger charge is 2.77. The Morgan fingerprint density at radius 2 is 2.20 bits per heavy atom. The summed E-state index contributed by atoms with van der Waals surface area (Å²) >= 11 is 10.2. The highest BCUT2D eigenvalue weighted by atomic mass is 79.9. The van der Waals surface area contributed by atoms with E-state index in [2.05, 4.69) is 22.5 Å². The molecule has 3 aliphatic heterocycles. The molecule has 0 saturated carbocycles. The zero-order valence-electron chi connectivity index (χ0n) is 19.8. The van der Waals surface area contributed by atoms with Crippen LogP contribution in [0.15, 0.2) is 30.9 Å². The molecule has 3 unspecified atom stereocenters. The van der Waals surface area contributed by atoms with Gasteiger partial charge in [0.05, 0.1) is 35.3 Å². The summed E-state index contributed by atoms with van der Waals surface area (Å²) in [6.07, 6.45) is 1.70. The van der Waals surface area contributed by atoms with Crippen molar-refractivity contribution >= 4 is 51.0 Å². The van der Waals surface area contributed by atoms with Crippen LogP contribution in [0.2, 0.25) is 5.02 Å². The van der Waals surface area contributed by atoms with Gasteiger partial charge in [-0.3, -0.25) is 14.4 Å². The van der Waals surface area contributed by atoms with Gasteiger partial charge in [0.25, 0.3) is 5.91 Å². The number of hydrogen-bond acceptors (Lipinski definition) is 6. The number of fused-ring (bicyclic) bond motifs is 1. The van der Waals surface area contributed by atoms with Crippen LogP contribution in [-0.2, 0) is 23.9 Å². The summed E-state index contributed by atoms with van der Waals surface area (Å²) in [6, 6.07) is 4.38. The largest absolute Gasteiger partial charge is 0.466 e. The maximum atomic E-state index is 14.3. The number of benzene rings is 1. The second-order valence-corrected chi connectivity index (χ2v) is 10.8. The van der Waals surface area contributed by atoms with Crippen molar-refractivity contribution in [3.05, 3.63) is 41.4 Å². The predicted octanol–water partition coefficient (Wildman–Crippen LogP) is 2.86. The highest BCUT2D eigenvalue weighted by molar-refractivity contribution is 9.09. The average Bonchev–Trinajstić information content (AvgIpc) is 3.40. The van der Waals surface area contributed by atoms with Crippen molar-refractivity contribution in [2.45, 2.75) is 49.3 Å². The molecule has 2 amide bonds. The van der Waals surface area contributed by atoms with Crippen LogP contribution in [-0.4, -0.2) is 76.7 Å². The number of aliphatic hydroxyl groups excluding tert-OH is 1.